The molecule has 4 rings (SSSR count). The fourth-order valence-electron chi connectivity index (χ4n) is 5.19. The smallest absolute Gasteiger partial charge is 0.332 e. The summed E-state index contributed by atoms with van der Waals surface area (Å²) in [4.78, 5) is 19.2. The Bertz CT molecular complexity index is 1170. The van der Waals surface area contributed by atoms with E-state index in [1.54, 1.807) is 6.20 Å². The van der Waals surface area contributed by atoms with Crippen molar-refractivity contribution in [2.45, 2.75) is 64.0 Å². The Hall–Kier alpha value is -2.65. The maximum absolute atomic E-state index is 12.5. The minimum Gasteiger partial charge on any atom is -0.474 e. The zero-order valence-electron chi connectivity index (χ0n) is 20.3. The lowest BCUT2D eigenvalue weighted by Gasteiger charge is -2.32. The largest absolute Gasteiger partial charge is 0.474 e. The highest BCUT2D eigenvalue weighted by Gasteiger charge is 2.26. The minimum absolute atomic E-state index is 0.137. The number of carbonyl (C=O) groups is 1. The molecule has 0 saturated heterocycles. The van der Waals surface area contributed by atoms with Crippen molar-refractivity contribution < 1.29 is 17.9 Å². The van der Waals surface area contributed by atoms with E-state index >= 15 is 0 Å². The van der Waals surface area contributed by atoms with E-state index in [4.69, 9.17) is 4.74 Å². The number of pyridine rings is 1. The third-order valence-corrected chi connectivity index (χ3v) is 7.36. The molecule has 9 heteroatoms. The molecular formula is C25H34N4O4S. The van der Waals surface area contributed by atoms with Gasteiger partial charge < -0.3 is 15.0 Å². The van der Waals surface area contributed by atoms with Crippen molar-refractivity contribution in [3.63, 3.8) is 0 Å². The summed E-state index contributed by atoms with van der Waals surface area (Å²) in [6.07, 6.45) is 9.79. The van der Waals surface area contributed by atoms with Gasteiger partial charge in [0.1, 0.15) is 6.10 Å². The Morgan fingerprint density at radius 1 is 1.15 bits per heavy atom. The highest BCUT2D eigenvalue weighted by atomic mass is 32.2. The highest BCUT2D eigenvalue weighted by Crippen LogP contribution is 2.41. The van der Waals surface area contributed by atoms with Gasteiger partial charge in [-0.05, 0) is 94.3 Å². The van der Waals surface area contributed by atoms with E-state index in [0.717, 1.165) is 73.5 Å². The Labute approximate surface area is 202 Å². The number of urea groups is 1. The first-order valence-corrected chi connectivity index (χ1v) is 13.7. The lowest BCUT2D eigenvalue weighted by Crippen LogP contribution is -2.35. The molecule has 1 heterocycles. The standard InChI is InChI=1S/C25H34N4O4S/c1-16-14-17-6-5-7-21(17)24(27-25(30)28-34(4,31)32)23(16)18-12-13-26-22(15-18)33-20-10-8-19(9-11-20)29(2)3/h12-15,19-20H,5-11H2,1-4H3,(H2,27,28,30). The fourth-order valence-corrected chi connectivity index (χ4v) is 5.58. The quantitative estimate of drug-likeness (QED) is 0.643. The van der Waals surface area contributed by atoms with Crippen LogP contribution in [0.4, 0.5) is 10.5 Å². The number of amides is 2. The van der Waals surface area contributed by atoms with Crippen molar-refractivity contribution in [1.29, 1.82) is 0 Å². The summed E-state index contributed by atoms with van der Waals surface area (Å²) in [5, 5.41) is 2.83. The van der Waals surface area contributed by atoms with E-state index in [0.29, 0.717) is 17.6 Å². The van der Waals surface area contributed by atoms with Crippen LogP contribution in [0.5, 0.6) is 5.88 Å². The Morgan fingerprint density at radius 3 is 2.56 bits per heavy atom. The second-order valence-corrected chi connectivity index (χ2v) is 11.4. The zero-order chi connectivity index (χ0) is 24.5. The fraction of sp³-hybridized carbons (Fsp3) is 0.520. The molecule has 8 nitrogen and oxygen atoms in total. The van der Waals surface area contributed by atoms with Crippen molar-refractivity contribution in [3.8, 4) is 17.0 Å². The number of carbonyl (C=O) groups excluding carboxylic acids is 1. The van der Waals surface area contributed by atoms with Gasteiger partial charge in [0.25, 0.3) is 0 Å². The molecule has 0 bridgehead atoms. The molecule has 1 aromatic carbocycles. The molecule has 0 aliphatic heterocycles. The summed E-state index contributed by atoms with van der Waals surface area (Å²) >= 11 is 0. The summed E-state index contributed by atoms with van der Waals surface area (Å²) in [5.74, 6) is 0.567. The van der Waals surface area contributed by atoms with Crippen LogP contribution < -0.4 is 14.8 Å². The monoisotopic (exact) mass is 486 g/mol. The maximum atomic E-state index is 12.5. The summed E-state index contributed by atoms with van der Waals surface area (Å²) in [6.45, 7) is 2.01. The van der Waals surface area contributed by atoms with Gasteiger partial charge in [0.05, 0.1) is 11.9 Å². The van der Waals surface area contributed by atoms with E-state index in [2.05, 4.69) is 35.4 Å². The van der Waals surface area contributed by atoms with Crippen LogP contribution in [-0.2, 0) is 22.9 Å². The molecule has 184 valence electrons. The summed E-state index contributed by atoms with van der Waals surface area (Å²) < 4.78 is 31.4. The molecule has 2 aliphatic carbocycles. The minimum atomic E-state index is -3.67. The number of ether oxygens (including phenoxy) is 1. The van der Waals surface area contributed by atoms with Crippen LogP contribution >= 0.6 is 0 Å². The van der Waals surface area contributed by atoms with Gasteiger partial charge in [-0.2, -0.15) is 0 Å². The Kier molecular flexibility index (Phi) is 7.14. The summed E-state index contributed by atoms with van der Waals surface area (Å²) in [5.41, 5.74) is 5.68. The number of nitrogens with one attached hydrogen (secondary N) is 2. The molecular weight excluding hydrogens is 452 g/mol. The molecule has 0 atom stereocenters. The molecule has 1 fully saturated rings. The highest BCUT2D eigenvalue weighted by molar-refractivity contribution is 7.89. The molecule has 1 aromatic heterocycles. The van der Waals surface area contributed by atoms with Crippen LogP contribution in [0, 0.1) is 6.92 Å². The van der Waals surface area contributed by atoms with Gasteiger partial charge >= 0.3 is 6.03 Å². The molecule has 2 N–H and O–H groups in total. The van der Waals surface area contributed by atoms with E-state index in [1.165, 1.54) is 5.56 Å². The van der Waals surface area contributed by atoms with Gasteiger partial charge in [0, 0.05) is 23.9 Å². The van der Waals surface area contributed by atoms with E-state index < -0.39 is 16.1 Å². The molecule has 0 unspecified atom stereocenters. The van der Waals surface area contributed by atoms with Crippen LogP contribution in [0.15, 0.2) is 24.4 Å². The van der Waals surface area contributed by atoms with Crippen LogP contribution in [0.2, 0.25) is 0 Å². The Balaban J connectivity index is 1.62. The number of nitrogens with zero attached hydrogens (tertiary/aromatic N) is 2. The average Bonchev–Trinajstić information content (AvgIpc) is 3.21. The number of sulfonamides is 1. The lowest BCUT2D eigenvalue weighted by molar-refractivity contribution is 0.107. The maximum Gasteiger partial charge on any atom is 0.332 e. The first kappa shape index (κ1) is 24.5. The first-order chi connectivity index (χ1) is 16.1. The summed E-state index contributed by atoms with van der Waals surface area (Å²) in [6, 6.07) is 5.83. The van der Waals surface area contributed by atoms with Crippen LogP contribution in [0.1, 0.15) is 48.8 Å². The van der Waals surface area contributed by atoms with Crippen molar-refractivity contribution in [1.82, 2.24) is 14.6 Å². The number of aromatic nitrogens is 1. The number of rotatable bonds is 6. The van der Waals surface area contributed by atoms with Crippen LogP contribution in [-0.4, -0.2) is 56.8 Å². The molecule has 0 spiro atoms. The van der Waals surface area contributed by atoms with Gasteiger partial charge in [-0.1, -0.05) is 6.07 Å². The third kappa shape index (κ3) is 5.70. The van der Waals surface area contributed by atoms with E-state index in [9.17, 15) is 13.2 Å². The van der Waals surface area contributed by atoms with Crippen LogP contribution in [0.25, 0.3) is 11.1 Å². The van der Waals surface area contributed by atoms with Gasteiger partial charge in [0.2, 0.25) is 15.9 Å². The number of hydrogen-bond acceptors (Lipinski definition) is 6. The van der Waals surface area contributed by atoms with Crippen molar-refractivity contribution in [3.05, 3.63) is 41.1 Å². The molecule has 2 aromatic rings. The molecule has 0 radical (unpaired) electrons. The van der Waals surface area contributed by atoms with Gasteiger partial charge in [-0.25, -0.2) is 22.9 Å². The van der Waals surface area contributed by atoms with E-state index in [-0.39, 0.29) is 6.10 Å². The number of anilines is 1. The average molecular weight is 487 g/mol. The van der Waals surface area contributed by atoms with Gasteiger partial charge in [0.15, 0.2) is 0 Å². The molecule has 34 heavy (non-hydrogen) atoms. The Morgan fingerprint density at radius 2 is 1.88 bits per heavy atom. The number of hydrogen-bond donors (Lipinski definition) is 2. The van der Waals surface area contributed by atoms with Gasteiger partial charge in [-0.3, -0.25) is 0 Å². The topological polar surface area (TPSA) is 101 Å². The van der Waals surface area contributed by atoms with Crippen molar-refractivity contribution >= 4 is 21.7 Å². The van der Waals surface area contributed by atoms with Crippen molar-refractivity contribution in [2.75, 3.05) is 25.7 Å². The predicted octanol–water partition coefficient (Wildman–Crippen LogP) is 3.88. The number of aryl methyl sites for hydroxylation is 2. The summed E-state index contributed by atoms with van der Waals surface area (Å²) in [7, 11) is 0.573. The zero-order valence-corrected chi connectivity index (χ0v) is 21.2. The molecule has 2 aliphatic rings. The lowest BCUT2D eigenvalue weighted by atomic mass is 9.92. The first-order valence-electron chi connectivity index (χ1n) is 11.8. The number of benzene rings is 1. The second kappa shape index (κ2) is 9.92. The molecule has 1 saturated carbocycles. The second-order valence-electron chi connectivity index (χ2n) is 9.66. The predicted molar refractivity (Wildman–Crippen MR) is 134 cm³/mol. The van der Waals surface area contributed by atoms with E-state index in [1.807, 2.05) is 23.8 Å². The molecule has 2 amide bonds. The normalized spacial score (nSPS) is 20.1. The SMILES string of the molecule is Cc1cc2c(c(NC(=O)NS(C)(=O)=O)c1-c1ccnc(OC3CCC(N(C)C)CC3)c1)CCC2. The van der Waals surface area contributed by atoms with Crippen LogP contribution in [0.3, 0.4) is 0 Å². The third-order valence-electron chi connectivity index (χ3n) is 6.80. The van der Waals surface area contributed by atoms with Gasteiger partial charge in [-0.15, -0.1) is 0 Å². The van der Waals surface area contributed by atoms with Crippen molar-refractivity contribution in [2.24, 2.45) is 0 Å². The number of fused-ring (bicyclic) bond motifs is 1.